The summed E-state index contributed by atoms with van der Waals surface area (Å²) < 4.78 is 56.0. The highest BCUT2D eigenvalue weighted by atomic mass is 32.1. The Hall–Kier alpha value is -2.88. The molecule has 0 fully saturated rings. The Bertz CT molecular complexity index is 1140. The van der Waals surface area contributed by atoms with E-state index in [0.29, 0.717) is 17.9 Å². The number of imidazole rings is 1. The highest BCUT2D eigenvalue weighted by Gasteiger charge is 2.35. The zero-order chi connectivity index (χ0) is 19.9. The van der Waals surface area contributed by atoms with Crippen LogP contribution in [0.25, 0.3) is 21.6 Å². The standard InChI is InChI=1S/C18H13F4N5S/c1-27-9-12(17-23-7-8-28-17)24-14(27)6-5-13-25-15-10(3-2-4-11(15)19)16(26-13)18(20,21)22/h2-4,7-9H,5-6H2,1H3. The topological polar surface area (TPSA) is 56.5 Å². The van der Waals surface area contributed by atoms with E-state index in [1.165, 1.54) is 23.5 Å². The van der Waals surface area contributed by atoms with Gasteiger partial charge >= 0.3 is 6.18 Å². The maximum absolute atomic E-state index is 14.0. The molecule has 4 rings (SSSR count). The van der Waals surface area contributed by atoms with E-state index in [1.54, 1.807) is 24.0 Å². The average Bonchev–Trinajstić information content (AvgIpc) is 3.29. The van der Waals surface area contributed by atoms with Crippen LogP contribution in [0, 0.1) is 5.82 Å². The van der Waals surface area contributed by atoms with Crippen LogP contribution in [0.15, 0.2) is 36.0 Å². The number of thiazole rings is 1. The summed E-state index contributed by atoms with van der Waals surface area (Å²) in [5.74, 6) is -0.241. The van der Waals surface area contributed by atoms with Crippen LogP contribution in [0.5, 0.6) is 0 Å². The molecule has 28 heavy (non-hydrogen) atoms. The SMILES string of the molecule is Cn1cc(-c2nccs2)nc1CCc1nc(C(F)(F)F)c2cccc(F)c2n1. The number of fused-ring (bicyclic) bond motifs is 1. The monoisotopic (exact) mass is 407 g/mol. The van der Waals surface area contributed by atoms with Gasteiger partial charge in [-0.3, -0.25) is 0 Å². The van der Waals surface area contributed by atoms with E-state index in [-0.39, 0.29) is 23.1 Å². The number of halogens is 4. The van der Waals surface area contributed by atoms with Crippen molar-refractivity contribution >= 4 is 22.2 Å². The number of para-hydroxylation sites is 1. The predicted octanol–water partition coefficient (Wildman–Crippen LogP) is 4.43. The molecule has 1 aromatic carbocycles. The van der Waals surface area contributed by atoms with Gasteiger partial charge in [-0.1, -0.05) is 12.1 Å². The molecule has 0 N–H and O–H groups in total. The summed E-state index contributed by atoms with van der Waals surface area (Å²) in [6.45, 7) is 0. The second-order valence-corrected chi connectivity index (χ2v) is 7.01. The van der Waals surface area contributed by atoms with Crippen molar-refractivity contribution < 1.29 is 17.6 Å². The lowest BCUT2D eigenvalue weighted by atomic mass is 10.1. The van der Waals surface area contributed by atoms with Crippen molar-refractivity contribution in [3.05, 3.63) is 59.1 Å². The lowest BCUT2D eigenvalue weighted by molar-refractivity contribution is -0.140. The van der Waals surface area contributed by atoms with Crippen molar-refractivity contribution in [1.29, 1.82) is 0 Å². The molecule has 0 amide bonds. The van der Waals surface area contributed by atoms with Gasteiger partial charge in [-0.05, 0) is 6.07 Å². The Balaban J connectivity index is 1.66. The molecule has 0 aliphatic carbocycles. The third kappa shape index (κ3) is 3.47. The first-order valence-electron chi connectivity index (χ1n) is 8.27. The van der Waals surface area contributed by atoms with Crippen LogP contribution in [0.4, 0.5) is 17.6 Å². The number of hydrogen-bond donors (Lipinski definition) is 0. The second kappa shape index (κ2) is 6.93. The number of hydrogen-bond acceptors (Lipinski definition) is 5. The van der Waals surface area contributed by atoms with Gasteiger partial charge in [0.2, 0.25) is 0 Å². The smallest absolute Gasteiger partial charge is 0.337 e. The quantitative estimate of drug-likeness (QED) is 0.470. The Morgan fingerprint density at radius 1 is 1.11 bits per heavy atom. The van der Waals surface area contributed by atoms with Crippen molar-refractivity contribution in [2.45, 2.75) is 19.0 Å². The molecule has 3 heterocycles. The van der Waals surface area contributed by atoms with Crippen molar-refractivity contribution in [1.82, 2.24) is 24.5 Å². The number of aromatic nitrogens is 5. The minimum Gasteiger partial charge on any atom is -0.337 e. The Kier molecular flexibility index (Phi) is 4.58. The van der Waals surface area contributed by atoms with Crippen LogP contribution in [0.1, 0.15) is 17.3 Å². The van der Waals surface area contributed by atoms with Crippen molar-refractivity contribution in [3.63, 3.8) is 0 Å². The summed E-state index contributed by atoms with van der Waals surface area (Å²) in [6, 6.07) is 3.46. The zero-order valence-corrected chi connectivity index (χ0v) is 15.4. The van der Waals surface area contributed by atoms with Gasteiger partial charge in [0.25, 0.3) is 0 Å². The van der Waals surface area contributed by atoms with Gasteiger partial charge in [0, 0.05) is 43.0 Å². The van der Waals surface area contributed by atoms with Gasteiger partial charge in [-0.15, -0.1) is 11.3 Å². The number of nitrogens with zero attached hydrogens (tertiary/aromatic N) is 5. The van der Waals surface area contributed by atoms with Crippen LogP contribution in [-0.2, 0) is 26.1 Å². The van der Waals surface area contributed by atoms with Gasteiger partial charge in [0.1, 0.15) is 33.7 Å². The molecule has 0 saturated heterocycles. The second-order valence-electron chi connectivity index (χ2n) is 6.11. The maximum atomic E-state index is 14.0. The molecule has 0 aliphatic rings. The third-order valence-electron chi connectivity index (χ3n) is 4.19. The van der Waals surface area contributed by atoms with Crippen LogP contribution in [0.2, 0.25) is 0 Å². The molecule has 0 spiro atoms. The minimum atomic E-state index is -4.70. The highest BCUT2D eigenvalue weighted by molar-refractivity contribution is 7.13. The zero-order valence-electron chi connectivity index (χ0n) is 14.5. The minimum absolute atomic E-state index is 0.0799. The normalized spacial score (nSPS) is 12.0. The molecule has 10 heteroatoms. The highest BCUT2D eigenvalue weighted by Crippen LogP contribution is 2.33. The summed E-state index contributed by atoms with van der Waals surface area (Å²) in [6.07, 6.45) is -0.833. The maximum Gasteiger partial charge on any atom is 0.434 e. The van der Waals surface area contributed by atoms with Gasteiger partial charge in [-0.2, -0.15) is 13.2 Å². The van der Waals surface area contributed by atoms with Crippen LogP contribution in [-0.4, -0.2) is 24.5 Å². The average molecular weight is 407 g/mol. The van der Waals surface area contributed by atoms with Crippen LogP contribution >= 0.6 is 11.3 Å². The fourth-order valence-corrected chi connectivity index (χ4v) is 3.50. The summed E-state index contributed by atoms with van der Waals surface area (Å²) >= 11 is 1.44. The van der Waals surface area contributed by atoms with E-state index >= 15 is 0 Å². The lowest BCUT2D eigenvalue weighted by Crippen LogP contribution is -2.13. The molecule has 0 radical (unpaired) electrons. The molecular weight excluding hydrogens is 394 g/mol. The van der Waals surface area contributed by atoms with E-state index in [2.05, 4.69) is 19.9 Å². The largest absolute Gasteiger partial charge is 0.434 e. The molecule has 3 aromatic heterocycles. The first kappa shape index (κ1) is 18.5. The first-order valence-corrected chi connectivity index (χ1v) is 9.15. The predicted molar refractivity (Wildman–Crippen MR) is 96.2 cm³/mol. The Morgan fingerprint density at radius 3 is 2.64 bits per heavy atom. The van der Waals surface area contributed by atoms with Gasteiger partial charge in [0.15, 0.2) is 5.69 Å². The Morgan fingerprint density at radius 2 is 1.93 bits per heavy atom. The molecule has 0 saturated carbocycles. The fraction of sp³-hybridized carbons (Fsp3) is 0.222. The van der Waals surface area contributed by atoms with E-state index < -0.39 is 17.7 Å². The lowest BCUT2D eigenvalue weighted by Gasteiger charge is -2.11. The summed E-state index contributed by atoms with van der Waals surface area (Å²) in [7, 11) is 1.79. The molecule has 144 valence electrons. The van der Waals surface area contributed by atoms with E-state index in [9.17, 15) is 17.6 Å². The number of benzene rings is 1. The number of aryl methyl sites for hydroxylation is 3. The van der Waals surface area contributed by atoms with Gasteiger partial charge < -0.3 is 4.57 Å². The molecule has 5 nitrogen and oxygen atoms in total. The molecule has 0 unspecified atom stereocenters. The summed E-state index contributed by atoms with van der Waals surface area (Å²) in [5, 5.41) is 2.24. The summed E-state index contributed by atoms with van der Waals surface area (Å²) in [5.41, 5.74) is -0.771. The molecular formula is C18H13F4N5S. The molecule has 4 aromatic rings. The van der Waals surface area contributed by atoms with Gasteiger partial charge in [-0.25, -0.2) is 24.3 Å². The molecule has 0 bridgehead atoms. The van der Waals surface area contributed by atoms with E-state index in [4.69, 9.17) is 0 Å². The number of alkyl halides is 3. The molecule has 0 atom stereocenters. The first-order chi connectivity index (χ1) is 13.3. The van der Waals surface area contributed by atoms with Crippen molar-refractivity contribution in [3.8, 4) is 10.7 Å². The van der Waals surface area contributed by atoms with Crippen molar-refractivity contribution in [2.75, 3.05) is 0 Å². The van der Waals surface area contributed by atoms with E-state index in [1.807, 2.05) is 5.38 Å². The van der Waals surface area contributed by atoms with E-state index in [0.717, 1.165) is 11.1 Å². The summed E-state index contributed by atoms with van der Waals surface area (Å²) in [4.78, 5) is 16.4. The third-order valence-corrected chi connectivity index (χ3v) is 4.98. The fourth-order valence-electron chi connectivity index (χ4n) is 2.90. The Labute approximate surface area is 160 Å². The van der Waals surface area contributed by atoms with Crippen LogP contribution in [0.3, 0.4) is 0 Å². The van der Waals surface area contributed by atoms with Crippen LogP contribution < -0.4 is 0 Å². The number of rotatable bonds is 4. The van der Waals surface area contributed by atoms with Gasteiger partial charge in [0.05, 0.1) is 0 Å². The molecule has 0 aliphatic heterocycles. The van der Waals surface area contributed by atoms with Crippen molar-refractivity contribution in [2.24, 2.45) is 7.05 Å².